The molecule has 5 nitrogen and oxygen atoms in total. The SMILES string of the molecule is CCn1nc(C)cc1CN1C2CCC1CC(CC(=O)O)C2. The first-order valence-corrected chi connectivity index (χ1v) is 8.07. The molecule has 0 aromatic carbocycles. The predicted molar refractivity (Wildman–Crippen MR) is 80.0 cm³/mol. The lowest BCUT2D eigenvalue weighted by Gasteiger charge is -2.38. The standard InChI is InChI=1S/C16H25N3O2/c1-3-19-15(6-11(2)17-19)10-18-13-4-5-14(18)8-12(7-13)9-16(20)21/h6,12-14H,3-5,7-10H2,1-2H3,(H,20,21). The van der Waals surface area contributed by atoms with Crippen LogP contribution in [0.5, 0.6) is 0 Å². The van der Waals surface area contributed by atoms with Crippen LogP contribution in [0.15, 0.2) is 6.07 Å². The minimum atomic E-state index is -0.646. The van der Waals surface area contributed by atoms with Crippen molar-refractivity contribution >= 4 is 5.97 Å². The molecule has 1 N–H and O–H groups in total. The smallest absolute Gasteiger partial charge is 0.303 e. The molecule has 2 saturated heterocycles. The highest BCUT2D eigenvalue weighted by Gasteiger charge is 2.41. The second-order valence-electron chi connectivity index (χ2n) is 6.59. The number of carbonyl (C=O) groups is 1. The van der Waals surface area contributed by atoms with Gasteiger partial charge in [0.25, 0.3) is 0 Å². The Bertz CT molecular complexity index is 512. The van der Waals surface area contributed by atoms with Crippen LogP contribution in [0, 0.1) is 12.8 Å². The maximum absolute atomic E-state index is 10.9. The highest BCUT2D eigenvalue weighted by Crippen LogP contribution is 2.40. The Kier molecular flexibility index (Phi) is 4.02. The molecule has 0 saturated carbocycles. The van der Waals surface area contributed by atoms with Crippen molar-refractivity contribution in [1.29, 1.82) is 0 Å². The molecule has 21 heavy (non-hydrogen) atoms. The quantitative estimate of drug-likeness (QED) is 0.905. The third-order valence-corrected chi connectivity index (χ3v) is 5.07. The average molecular weight is 291 g/mol. The zero-order chi connectivity index (χ0) is 15.0. The number of aromatic nitrogens is 2. The lowest BCUT2D eigenvalue weighted by Crippen LogP contribution is -2.43. The second-order valence-corrected chi connectivity index (χ2v) is 6.59. The second kappa shape index (κ2) is 5.79. The molecular formula is C16H25N3O2. The molecule has 3 heterocycles. The van der Waals surface area contributed by atoms with Gasteiger partial charge in [-0.05, 0) is 51.5 Å². The highest BCUT2D eigenvalue weighted by molar-refractivity contribution is 5.67. The zero-order valence-electron chi connectivity index (χ0n) is 13.0. The first-order chi connectivity index (χ1) is 10.1. The van der Waals surface area contributed by atoms with E-state index in [0.29, 0.717) is 24.4 Å². The fourth-order valence-corrected chi connectivity index (χ4v) is 4.25. The number of fused-ring (bicyclic) bond motifs is 2. The van der Waals surface area contributed by atoms with Crippen LogP contribution in [0.3, 0.4) is 0 Å². The normalized spacial score (nSPS) is 29.0. The van der Waals surface area contributed by atoms with Crippen LogP contribution in [0.25, 0.3) is 0 Å². The number of hydrogen-bond acceptors (Lipinski definition) is 3. The largest absolute Gasteiger partial charge is 0.481 e. The van der Waals surface area contributed by atoms with Crippen molar-refractivity contribution in [2.24, 2.45) is 5.92 Å². The van der Waals surface area contributed by atoms with Gasteiger partial charge in [0.2, 0.25) is 0 Å². The molecule has 2 atom stereocenters. The number of carboxylic acid groups (broad SMARTS) is 1. The van der Waals surface area contributed by atoms with Gasteiger partial charge in [0.05, 0.1) is 11.4 Å². The summed E-state index contributed by atoms with van der Waals surface area (Å²) in [6.07, 6.45) is 4.87. The molecule has 2 aliphatic heterocycles. The number of aryl methyl sites for hydroxylation is 2. The van der Waals surface area contributed by atoms with Crippen molar-refractivity contribution in [3.05, 3.63) is 17.5 Å². The monoisotopic (exact) mass is 291 g/mol. The zero-order valence-corrected chi connectivity index (χ0v) is 13.0. The van der Waals surface area contributed by atoms with Crippen LogP contribution in [0.4, 0.5) is 0 Å². The van der Waals surface area contributed by atoms with Gasteiger partial charge in [-0.3, -0.25) is 14.4 Å². The van der Waals surface area contributed by atoms with Gasteiger partial charge >= 0.3 is 5.97 Å². The topological polar surface area (TPSA) is 58.4 Å². The average Bonchev–Trinajstić information content (AvgIpc) is 2.87. The van der Waals surface area contributed by atoms with Gasteiger partial charge in [0.1, 0.15) is 0 Å². The molecule has 3 rings (SSSR count). The molecule has 2 aliphatic rings. The third kappa shape index (κ3) is 2.98. The van der Waals surface area contributed by atoms with E-state index in [0.717, 1.165) is 31.6 Å². The van der Waals surface area contributed by atoms with E-state index in [2.05, 4.69) is 27.7 Å². The Morgan fingerprint density at radius 1 is 1.38 bits per heavy atom. The van der Waals surface area contributed by atoms with Crippen molar-refractivity contribution in [2.45, 2.75) is 71.1 Å². The first-order valence-electron chi connectivity index (χ1n) is 8.07. The van der Waals surface area contributed by atoms with Crippen LogP contribution >= 0.6 is 0 Å². The summed E-state index contributed by atoms with van der Waals surface area (Å²) >= 11 is 0. The minimum Gasteiger partial charge on any atom is -0.481 e. The summed E-state index contributed by atoms with van der Waals surface area (Å²) in [7, 11) is 0. The van der Waals surface area contributed by atoms with E-state index < -0.39 is 5.97 Å². The molecule has 1 aromatic rings. The Labute approximate surface area is 125 Å². The fourth-order valence-electron chi connectivity index (χ4n) is 4.25. The summed E-state index contributed by atoms with van der Waals surface area (Å²) < 4.78 is 2.10. The van der Waals surface area contributed by atoms with Crippen molar-refractivity contribution < 1.29 is 9.90 Å². The molecule has 2 fully saturated rings. The van der Waals surface area contributed by atoms with Gasteiger partial charge in [0, 0.05) is 31.6 Å². The fraction of sp³-hybridized carbons (Fsp3) is 0.750. The Balaban J connectivity index is 1.69. The molecule has 0 amide bonds. The summed E-state index contributed by atoms with van der Waals surface area (Å²) in [6, 6.07) is 3.31. The van der Waals surface area contributed by atoms with Gasteiger partial charge in [-0.1, -0.05) is 0 Å². The summed E-state index contributed by atoms with van der Waals surface area (Å²) in [5.74, 6) is -0.276. The van der Waals surface area contributed by atoms with Crippen LogP contribution in [-0.2, 0) is 17.9 Å². The molecule has 0 spiro atoms. The molecular weight excluding hydrogens is 266 g/mol. The Hall–Kier alpha value is -1.36. The van der Waals surface area contributed by atoms with Crippen molar-refractivity contribution in [3.8, 4) is 0 Å². The Morgan fingerprint density at radius 3 is 2.62 bits per heavy atom. The molecule has 5 heteroatoms. The summed E-state index contributed by atoms with van der Waals surface area (Å²) in [4.78, 5) is 13.5. The third-order valence-electron chi connectivity index (χ3n) is 5.07. The van der Waals surface area contributed by atoms with Crippen molar-refractivity contribution in [1.82, 2.24) is 14.7 Å². The number of nitrogens with zero attached hydrogens (tertiary/aromatic N) is 3. The van der Waals surface area contributed by atoms with E-state index in [1.165, 1.54) is 18.5 Å². The van der Waals surface area contributed by atoms with Crippen LogP contribution < -0.4 is 0 Å². The summed E-state index contributed by atoms with van der Waals surface area (Å²) in [5.41, 5.74) is 2.38. The maximum atomic E-state index is 10.9. The molecule has 0 radical (unpaired) electrons. The van der Waals surface area contributed by atoms with Gasteiger partial charge < -0.3 is 5.11 Å². The maximum Gasteiger partial charge on any atom is 0.303 e. The molecule has 116 valence electrons. The van der Waals surface area contributed by atoms with Crippen LogP contribution in [-0.4, -0.2) is 37.8 Å². The highest BCUT2D eigenvalue weighted by atomic mass is 16.4. The van der Waals surface area contributed by atoms with Gasteiger partial charge in [0.15, 0.2) is 0 Å². The number of rotatable bonds is 5. The van der Waals surface area contributed by atoms with E-state index in [1.807, 2.05) is 6.92 Å². The molecule has 2 unspecified atom stereocenters. The summed E-state index contributed by atoms with van der Waals surface area (Å²) in [5, 5.41) is 13.5. The van der Waals surface area contributed by atoms with Gasteiger partial charge in [-0.2, -0.15) is 5.10 Å². The van der Waals surface area contributed by atoms with E-state index in [-0.39, 0.29) is 0 Å². The lowest BCUT2D eigenvalue weighted by molar-refractivity contribution is -0.138. The van der Waals surface area contributed by atoms with Crippen LogP contribution in [0.1, 0.15) is 50.4 Å². The molecule has 2 bridgehead atoms. The van der Waals surface area contributed by atoms with Gasteiger partial charge in [-0.25, -0.2) is 0 Å². The van der Waals surface area contributed by atoms with E-state index in [4.69, 9.17) is 5.11 Å². The van der Waals surface area contributed by atoms with Gasteiger partial charge in [-0.15, -0.1) is 0 Å². The minimum absolute atomic E-state index is 0.340. The van der Waals surface area contributed by atoms with Crippen LogP contribution in [0.2, 0.25) is 0 Å². The number of carboxylic acids is 1. The lowest BCUT2D eigenvalue weighted by atomic mass is 9.88. The number of aliphatic carboxylic acids is 1. The molecule has 1 aromatic heterocycles. The molecule has 0 aliphatic carbocycles. The van der Waals surface area contributed by atoms with E-state index in [1.54, 1.807) is 0 Å². The number of hydrogen-bond donors (Lipinski definition) is 1. The Morgan fingerprint density at radius 2 is 2.05 bits per heavy atom. The number of piperidine rings is 1. The predicted octanol–water partition coefficient (Wildman–Crippen LogP) is 2.43. The van der Waals surface area contributed by atoms with E-state index in [9.17, 15) is 4.79 Å². The van der Waals surface area contributed by atoms with E-state index >= 15 is 0 Å². The van der Waals surface area contributed by atoms with Crippen molar-refractivity contribution in [2.75, 3.05) is 0 Å². The summed E-state index contributed by atoms with van der Waals surface area (Å²) in [6.45, 7) is 6.05. The van der Waals surface area contributed by atoms with Crippen molar-refractivity contribution in [3.63, 3.8) is 0 Å². The first kappa shape index (κ1) is 14.6.